The SMILES string of the molecule is CN(C)c1nc2ccc(NC(=O)[C@H]3C[C@@H]3c3ccc(F)cc3)cc2o1. The van der Waals surface area contributed by atoms with Gasteiger partial charge >= 0.3 is 0 Å². The van der Waals surface area contributed by atoms with Crippen LogP contribution < -0.4 is 10.2 Å². The van der Waals surface area contributed by atoms with Crippen LogP contribution in [0, 0.1) is 11.7 Å². The van der Waals surface area contributed by atoms with Crippen LogP contribution >= 0.6 is 0 Å². The van der Waals surface area contributed by atoms with Crippen LogP contribution in [0.2, 0.25) is 0 Å². The molecule has 1 saturated carbocycles. The maximum atomic E-state index is 13.0. The van der Waals surface area contributed by atoms with Crippen LogP contribution in [0.4, 0.5) is 16.1 Å². The molecule has 1 N–H and O–H groups in total. The quantitative estimate of drug-likeness (QED) is 0.786. The van der Waals surface area contributed by atoms with Crippen molar-refractivity contribution in [3.63, 3.8) is 0 Å². The van der Waals surface area contributed by atoms with Gasteiger partial charge in [-0.3, -0.25) is 4.79 Å². The van der Waals surface area contributed by atoms with Crippen molar-refractivity contribution in [2.24, 2.45) is 5.92 Å². The summed E-state index contributed by atoms with van der Waals surface area (Å²) in [5, 5.41) is 2.93. The number of aromatic nitrogens is 1. The summed E-state index contributed by atoms with van der Waals surface area (Å²) in [6.07, 6.45) is 0.785. The molecule has 25 heavy (non-hydrogen) atoms. The van der Waals surface area contributed by atoms with Crippen molar-refractivity contribution in [3.05, 3.63) is 53.8 Å². The predicted molar refractivity (Wildman–Crippen MR) is 94.2 cm³/mol. The van der Waals surface area contributed by atoms with Crippen molar-refractivity contribution in [2.45, 2.75) is 12.3 Å². The van der Waals surface area contributed by atoms with Crippen molar-refractivity contribution in [1.82, 2.24) is 4.98 Å². The van der Waals surface area contributed by atoms with Crippen LogP contribution in [0.3, 0.4) is 0 Å². The lowest BCUT2D eigenvalue weighted by molar-refractivity contribution is -0.117. The average molecular weight is 339 g/mol. The predicted octanol–water partition coefficient (Wildman–Crippen LogP) is 3.78. The second-order valence-electron chi connectivity index (χ2n) is 6.56. The summed E-state index contributed by atoms with van der Waals surface area (Å²) in [6.45, 7) is 0. The molecular formula is C19H18FN3O2. The largest absolute Gasteiger partial charge is 0.423 e. The minimum atomic E-state index is -0.261. The van der Waals surface area contributed by atoms with E-state index in [4.69, 9.17) is 4.42 Å². The molecule has 1 aliphatic carbocycles. The Kier molecular flexibility index (Phi) is 3.67. The lowest BCUT2D eigenvalue weighted by Crippen LogP contribution is -2.14. The van der Waals surface area contributed by atoms with Crippen LogP contribution in [-0.2, 0) is 4.79 Å². The van der Waals surface area contributed by atoms with Crippen molar-refractivity contribution < 1.29 is 13.6 Å². The first-order valence-corrected chi connectivity index (χ1v) is 8.15. The summed E-state index contributed by atoms with van der Waals surface area (Å²) < 4.78 is 18.7. The van der Waals surface area contributed by atoms with E-state index in [-0.39, 0.29) is 23.6 Å². The number of anilines is 2. The Balaban J connectivity index is 1.46. The van der Waals surface area contributed by atoms with Gasteiger partial charge in [0.05, 0.1) is 0 Å². The number of oxazole rings is 1. The minimum absolute atomic E-state index is 0.0268. The summed E-state index contributed by atoms with van der Waals surface area (Å²) in [7, 11) is 3.71. The molecule has 3 aromatic rings. The van der Waals surface area contributed by atoms with Crippen LogP contribution in [0.1, 0.15) is 17.9 Å². The van der Waals surface area contributed by atoms with Gasteiger partial charge in [-0.05, 0) is 42.2 Å². The Morgan fingerprint density at radius 3 is 2.72 bits per heavy atom. The standard InChI is InChI=1S/C19H18FN3O2/c1-23(2)19-22-16-8-7-13(9-17(16)25-19)21-18(24)15-10-14(15)11-3-5-12(20)6-4-11/h3-9,14-15H,10H2,1-2H3,(H,21,24)/t14-,15+/m1/s1. The summed E-state index contributed by atoms with van der Waals surface area (Å²) >= 11 is 0. The van der Waals surface area contributed by atoms with Gasteiger partial charge < -0.3 is 14.6 Å². The first-order valence-electron chi connectivity index (χ1n) is 8.15. The fraction of sp³-hybridized carbons (Fsp3) is 0.263. The Morgan fingerprint density at radius 2 is 2.00 bits per heavy atom. The van der Waals surface area contributed by atoms with E-state index in [1.807, 2.05) is 26.2 Å². The summed E-state index contributed by atoms with van der Waals surface area (Å²) in [5.74, 6) is -0.202. The van der Waals surface area contributed by atoms with E-state index in [9.17, 15) is 9.18 Å². The molecule has 0 saturated heterocycles. The molecule has 1 heterocycles. The van der Waals surface area contributed by atoms with Crippen molar-refractivity contribution in [2.75, 3.05) is 24.3 Å². The highest BCUT2D eigenvalue weighted by atomic mass is 19.1. The van der Waals surface area contributed by atoms with E-state index in [0.29, 0.717) is 17.3 Å². The number of hydrogen-bond acceptors (Lipinski definition) is 4. The van der Waals surface area contributed by atoms with E-state index >= 15 is 0 Å². The van der Waals surface area contributed by atoms with Gasteiger partial charge in [0.15, 0.2) is 5.58 Å². The van der Waals surface area contributed by atoms with E-state index in [1.54, 1.807) is 23.1 Å². The minimum Gasteiger partial charge on any atom is -0.423 e. The third-order valence-corrected chi connectivity index (χ3v) is 4.45. The van der Waals surface area contributed by atoms with E-state index in [1.165, 1.54) is 12.1 Å². The zero-order chi connectivity index (χ0) is 17.6. The fourth-order valence-corrected chi connectivity index (χ4v) is 2.98. The topological polar surface area (TPSA) is 58.4 Å². The normalized spacial score (nSPS) is 19.0. The molecule has 0 bridgehead atoms. The molecule has 0 spiro atoms. The summed E-state index contributed by atoms with van der Waals surface area (Å²) in [5.41, 5.74) is 3.07. The van der Waals surface area contributed by atoms with Crippen molar-refractivity contribution in [1.29, 1.82) is 0 Å². The smallest absolute Gasteiger partial charge is 0.297 e. The molecule has 2 aromatic carbocycles. The first kappa shape index (κ1) is 15.6. The van der Waals surface area contributed by atoms with Crippen LogP contribution in [0.5, 0.6) is 0 Å². The van der Waals surface area contributed by atoms with Gasteiger partial charge in [0, 0.05) is 31.8 Å². The summed E-state index contributed by atoms with van der Waals surface area (Å²) in [6, 6.07) is 12.3. The molecule has 0 radical (unpaired) electrons. The van der Waals surface area contributed by atoms with E-state index in [0.717, 1.165) is 17.5 Å². The number of carbonyl (C=O) groups excluding carboxylic acids is 1. The number of carbonyl (C=O) groups is 1. The molecule has 2 atom stereocenters. The molecule has 4 rings (SSSR count). The third-order valence-electron chi connectivity index (χ3n) is 4.45. The maximum Gasteiger partial charge on any atom is 0.297 e. The Bertz CT molecular complexity index is 933. The van der Waals surface area contributed by atoms with Gasteiger partial charge in [-0.15, -0.1) is 0 Å². The van der Waals surface area contributed by atoms with Gasteiger partial charge in [-0.2, -0.15) is 4.98 Å². The highest BCUT2D eigenvalue weighted by molar-refractivity contribution is 5.96. The number of amides is 1. The molecule has 0 unspecified atom stereocenters. The second-order valence-corrected chi connectivity index (χ2v) is 6.56. The van der Waals surface area contributed by atoms with Gasteiger partial charge in [0.2, 0.25) is 5.91 Å². The third kappa shape index (κ3) is 3.07. The van der Waals surface area contributed by atoms with Crippen LogP contribution in [0.15, 0.2) is 46.9 Å². The molecule has 128 valence electrons. The number of rotatable bonds is 4. The van der Waals surface area contributed by atoms with Gasteiger partial charge in [-0.25, -0.2) is 4.39 Å². The Hall–Kier alpha value is -2.89. The lowest BCUT2D eigenvalue weighted by atomic mass is 10.1. The van der Waals surface area contributed by atoms with Crippen molar-refractivity contribution in [3.8, 4) is 0 Å². The fourth-order valence-electron chi connectivity index (χ4n) is 2.98. The summed E-state index contributed by atoms with van der Waals surface area (Å²) in [4.78, 5) is 18.6. The number of hydrogen-bond donors (Lipinski definition) is 1. The monoisotopic (exact) mass is 339 g/mol. The number of benzene rings is 2. The zero-order valence-electron chi connectivity index (χ0n) is 14.0. The maximum absolute atomic E-state index is 13.0. The number of fused-ring (bicyclic) bond motifs is 1. The second kappa shape index (κ2) is 5.88. The zero-order valence-corrected chi connectivity index (χ0v) is 14.0. The number of nitrogens with one attached hydrogen (secondary N) is 1. The molecular weight excluding hydrogens is 321 g/mol. The lowest BCUT2D eigenvalue weighted by Gasteiger charge is -2.05. The van der Waals surface area contributed by atoms with Crippen LogP contribution in [-0.4, -0.2) is 25.0 Å². The molecule has 1 fully saturated rings. The van der Waals surface area contributed by atoms with E-state index < -0.39 is 0 Å². The van der Waals surface area contributed by atoms with Gasteiger partial charge in [-0.1, -0.05) is 12.1 Å². The highest BCUT2D eigenvalue weighted by Crippen LogP contribution is 2.48. The number of halogens is 1. The van der Waals surface area contributed by atoms with Crippen LogP contribution in [0.25, 0.3) is 11.1 Å². The van der Waals surface area contributed by atoms with Gasteiger partial charge in [0.1, 0.15) is 11.3 Å². The average Bonchev–Trinajstić information content (AvgIpc) is 3.27. The molecule has 1 amide bonds. The first-order chi connectivity index (χ1) is 12.0. The molecule has 1 aliphatic rings. The molecule has 5 nitrogen and oxygen atoms in total. The Labute approximate surface area is 144 Å². The number of nitrogens with zero attached hydrogens (tertiary/aromatic N) is 2. The highest BCUT2D eigenvalue weighted by Gasteiger charge is 2.43. The molecule has 1 aromatic heterocycles. The van der Waals surface area contributed by atoms with E-state index in [2.05, 4.69) is 10.3 Å². The van der Waals surface area contributed by atoms with Gasteiger partial charge in [0.25, 0.3) is 6.01 Å². The van der Waals surface area contributed by atoms with Crippen molar-refractivity contribution >= 4 is 28.7 Å². The Morgan fingerprint density at radius 1 is 1.24 bits per heavy atom. The molecule has 6 heteroatoms. The molecule has 0 aliphatic heterocycles.